The third kappa shape index (κ3) is 2.63. The number of rotatable bonds is 3. The van der Waals surface area contributed by atoms with Crippen LogP contribution in [0.15, 0.2) is 27.3 Å². The summed E-state index contributed by atoms with van der Waals surface area (Å²) in [7, 11) is 0. The topological polar surface area (TPSA) is 74.7 Å². The van der Waals surface area contributed by atoms with E-state index in [-0.39, 0.29) is 0 Å². The summed E-state index contributed by atoms with van der Waals surface area (Å²) < 4.78 is 5.37. The summed E-state index contributed by atoms with van der Waals surface area (Å²) in [5.41, 5.74) is 3.05. The molecule has 0 saturated carbocycles. The van der Waals surface area contributed by atoms with Gasteiger partial charge in [0.2, 0.25) is 0 Å². The molecule has 1 aromatic carbocycles. The van der Waals surface area contributed by atoms with Crippen LogP contribution in [0.2, 0.25) is 0 Å². The molecule has 86 valence electrons. The van der Waals surface area contributed by atoms with E-state index in [9.17, 15) is 0 Å². The first-order valence-corrected chi connectivity index (χ1v) is 5.71. The molecule has 6 heteroatoms. The largest absolute Gasteiger partial charge is 0.379 e. The third-order valence-electron chi connectivity index (χ3n) is 2.30. The SMILES string of the molecule is Cc1nonc1CNc1ccc(C#N)c(Br)c1. The van der Waals surface area contributed by atoms with Gasteiger partial charge in [-0.3, -0.25) is 0 Å². The lowest BCUT2D eigenvalue weighted by molar-refractivity contribution is 0.301. The Morgan fingerprint density at radius 2 is 2.29 bits per heavy atom. The van der Waals surface area contributed by atoms with Gasteiger partial charge in [-0.2, -0.15) is 5.26 Å². The Bertz CT molecular complexity index is 573. The Labute approximate surface area is 107 Å². The molecule has 0 aliphatic rings. The van der Waals surface area contributed by atoms with Crippen molar-refractivity contribution in [2.75, 3.05) is 5.32 Å². The maximum absolute atomic E-state index is 8.79. The molecule has 2 rings (SSSR count). The van der Waals surface area contributed by atoms with Crippen LogP contribution in [0.5, 0.6) is 0 Å². The molecule has 5 nitrogen and oxygen atoms in total. The van der Waals surface area contributed by atoms with Crippen molar-refractivity contribution in [3.8, 4) is 6.07 Å². The molecule has 0 aliphatic heterocycles. The van der Waals surface area contributed by atoms with Gasteiger partial charge < -0.3 is 5.32 Å². The first-order valence-electron chi connectivity index (χ1n) is 4.92. The number of aryl methyl sites for hydroxylation is 1. The zero-order valence-electron chi connectivity index (χ0n) is 9.07. The number of aromatic nitrogens is 2. The molecule has 0 bridgehead atoms. The van der Waals surface area contributed by atoms with Crippen LogP contribution in [0.1, 0.15) is 17.0 Å². The fraction of sp³-hybridized carbons (Fsp3) is 0.182. The Hall–Kier alpha value is -1.87. The van der Waals surface area contributed by atoms with E-state index in [0.29, 0.717) is 12.1 Å². The van der Waals surface area contributed by atoms with Crippen molar-refractivity contribution >= 4 is 21.6 Å². The number of halogens is 1. The van der Waals surface area contributed by atoms with Crippen LogP contribution in [0.25, 0.3) is 0 Å². The highest BCUT2D eigenvalue weighted by Crippen LogP contribution is 2.21. The summed E-state index contributed by atoms with van der Waals surface area (Å²) >= 11 is 3.33. The van der Waals surface area contributed by atoms with Gasteiger partial charge in [0.25, 0.3) is 0 Å². The van der Waals surface area contributed by atoms with Crippen LogP contribution in [-0.2, 0) is 6.54 Å². The van der Waals surface area contributed by atoms with E-state index in [2.05, 4.69) is 42.3 Å². The number of hydrogen-bond acceptors (Lipinski definition) is 5. The zero-order valence-corrected chi connectivity index (χ0v) is 10.7. The molecule has 0 atom stereocenters. The molecule has 17 heavy (non-hydrogen) atoms. The van der Waals surface area contributed by atoms with Gasteiger partial charge in [0.05, 0.1) is 12.1 Å². The van der Waals surface area contributed by atoms with Crippen LogP contribution in [-0.4, -0.2) is 10.3 Å². The molecular weight excluding hydrogens is 284 g/mol. The van der Waals surface area contributed by atoms with E-state index < -0.39 is 0 Å². The van der Waals surface area contributed by atoms with Crippen molar-refractivity contribution in [3.63, 3.8) is 0 Å². The van der Waals surface area contributed by atoms with Crippen molar-refractivity contribution in [2.45, 2.75) is 13.5 Å². The summed E-state index contributed by atoms with van der Waals surface area (Å²) in [4.78, 5) is 0. The van der Waals surface area contributed by atoms with Gasteiger partial charge in [0.1, 0.15) is 17.5 Å². The van der Waals surface area contributed by atoms with Gasteiger partial charge in [-0.05, 0) is 41.1 Å². The minimum absolute atomic E-state index is 0.535. The van der Waals surface area contributed by atoms with Crippen LogP contribution in [0.3, 0.4) is 0 Å². The first-order chi connectivity index (χ1) is 8.20. The normalized spacial score (nSPS) is 9.94. The summed E-state index contributed by atoms with van der Waals surface area (Å²) in [6, 6.07) is 7.53. The molecule has 0 unspecified atom stereocenters. The van der Waals surface area contributed by atoms with Crippen molar-refractivity contribution in [2.24, 2.45) is 0 Å². The molecule has 1 aromatic heterocycles. The van der Waals surface area contributed by atoms with Crippen LogP contribution < -0.4 is 5.32 Å². The lowest BCUT2D eigenvalue weighted by atomic mass is 10.2. The lowest BCUT2D eigenvalue weighted by Crippen LogP contribution is -2.01. The lowest BCUT2D eigenvalue weighted by Gasteiger charge is -2.05. The van der Waals surface area contributed by atoms with Gasteiger partial charge in [-0.15, -0.1) is 0 Å². The summed E-state index contributed by atoms with van der Waals surface area (Å²) in [6.45, 7) is 2.37. The molecule has 2 aromatic rings. The summed E-state index contributed by atoms with van der Waals surface area (Å²) in [5, 5.41) is 19.4. The highest BCUT2D eigenvalue weighted by Gasteiger charge is 2.05. The second kappa shape index (κ2) is 4.97. The molecule has 1 N–H and O–H groups in total. The second-order valence-electron chi connectivity index (χ2n) is 3.46. The van der Waals surface area contributed by atoms with E-state index in [1.165, 1.54) is 0 Å². The third-order valence-corrected chi connectivity index (χ3v) is 2.95. The molecule has 0 fully saturated rings. The molecule has 0 saturated heterocycles. The van der Waals surface area contributed by atoms with E-state index >= 15 is 0 Å². The van der Waals surface area contributed by atoms with Gasteiger partial charge in [-0.25, -0.2) is 4.63 Å². The number of nitrogens with zero attached hydrogens (tertiary/aromatic N) is 3. The standard InChI is InChI=1S/C11H9BrN4O/c1-7-11(16-17-15-7)6-14-9-3-2-8(5-13)10(12)4-9/h2-4,14H,6H2,1H3. The Morgan fingerprint density at radius 1 is 1.47 bits per heavy atom. The number of nitrogens with one attached hydrogen (secondary N) is 1. The van der Waals surface area contributed by atoms with Crippen molar-refractivity contribution in [1.82, 2.24) is 10.3 Å². The molecule has 1 heterocycles. The summed E-state index contributed by atoms with van der Waals surface area (Å²) in [5.74, 6) is 0. The number of anilines is 1. The fourth-order valence-corrected chi connectivity index (χ4v) is 1.78. The monoisotopic (exact) mass is 292 g/mol. The van der Waals surface area contributed by atoms with E-state index in [1.807, 2.05) is 19.1 Å². The average molecular weight is 293 g/mol. The highest BCUT2D eigenvalue weighted by molar-refractivity contribution is 9.10. The van der Waals surface area contributed by atoms with Crippen molar-refractivity contribution in [3.05, 3.63) is 39.6 Å². The molecule has 0 spiro atoms. The molecule has 0 aliphatic carbocycles. The number of nitriles is 1. The molecule has 0 amide bonds. The van der Waals surface area contributed by atoms with Gasteiger partial charge in [0, 0.05) is 10.2 Å². The number of benzene rings is 1. The molecule has 0 radical (unpaired) electrons. The van der Waals surface area contributed by atoms with Crippen LogP contribution >= 0.6 is 15.9 Å². The number of hydrogen-bond donors (Lipinski definition) is 1. The maximum Gasteiger partial charge on any atom is 0.127 e. The maximum atomic E-state index is 8.79. The quantitative estimate of drug-likeness (QED) is 0.941. The van der Waals surface area contributed by atoms with Crippen molar-refractivity contribution < 1.29 is 4.63 Å². The van der Waals surface area contributed by atoms with E-state index in [1.54, 1.807) is 6.07 Å². The minimum atomic E-state index is 0.535. The predicted molar refractivity (Wildman–Crippen MR) is 65.2 cm³/mol. The van der Waals surface area contributed by atoms with Gasteiger partial charge in [0.15, 0.2) is 0 Å². The Morgan fingerprint density at radius 3 is 2.88 bits per heavy atom. The van der Waals surface area contributed by atoms with Gasteiger partial charge >= 0.3 is 0 Å². The van der Waals surface area contributed by atoms with E-state index in [0.717, 1.165) is 21.5 Å². The zero-order chi connectivity index (χ0) is 12.3. The van der Waals surface area contributed by atoms with Crippen molar-refractivity contribution in [1.29, 1.82) is 5.26 Å². The first kappa shape index (κ1) is 11.6. The molecular formula is C11H9BrN4O. The minimum Gasteiger partial charge on any atom is -0.379 e. The fourth-order valence-electron chi connectivity index (χ4n) is 1.31. The smallest absolute Gasteiger partial charge is 0.127 e. The summed E-state index contributed by atoms with van der Waals surface area (Å²) in [6.07, 6.45) is 0. The van der Waals surface area contributed by atoms with Gasteiger partial charge in [-0.1, -0.05) is 10.3 Å². The Balaban J connectivity index is 2.08. The highest BCUT2D eigenvalue weighted by atomic mass is 79.9. The second-order valence-corrected chi connectivity index (χ2v) is 4.31. The predicted octanol–water partition coefficient (Wildman–Crippen LogP) is 2.62. The van der Waals surface area contributed by atoms with Crippen LogP contribution in [0.4, 0.5) is 5.69 Å². The van der Waals surface area contributed by atoms with Crippen LogP contribution in [0, 0.1) is 18.3 Å². The average Bonchev–Trinajstić information content (AvgIpc) is 2.72. The van der Waals surface area contributed by atoms with E-state index in [4.69, 9.17) is 5.26 Å². The Kier molecular flexibility index (Phi) is 3.40.